The summed E-state index contributed by atoms with van der Waals surface area (Å²) in [5.74, 6) is -1.63. The molecule has 1 saturated heterocycles. The minimum atomic E-state index is -2.41. The van der Waals surface area contributed by atoms with Gasteiger partial charge in [0.15, 0.2) is 0 Å². The fourth-order valence-electron chi connectivity index (χ4n) is 3.07. The van der Waals surface area contributed by atoms with E-state index in [4.69, 9.17) is 5.73 Å². The molecule has 0 radical (unpaired) electrons. The van der Waals surface area contributed by atoms with E-state index in [2.05, 4.69) is 4.90 Å². The van der Waals surface area contributed by atoms with E-state index in [1.165, 1.54) is 0 Å². The van der Waals surface area contributed by atoms with Gasteiger partial charge in [0.1, 0.15) is 0 Å². The highest BCUT2D eigenvalue weighted by Crippen LogP contribution is 2.37. The largest absolute Gasteiger partial charge is 0.330 e. The second-order valence-corrected chi connectivity index (χ2v) is 5.47. The second kappa shape index (κ2) is 4.96. The summed E-state index contributed by atoms with van der Waals surface area (Å²) in [5, 5.41) is 0. The van der Waals surface area contributed by atoms with Crippen molar-refractivity contribution in [2.24, 2.45) is 17.6 Å². The van der Waals surface area contributed by atoms with E-state index in [0.29, 0.717) is 12.3 Å². The van der Waals surface area contributed by atoms with Crippen LogP contribution in [0.25, 0.3) is 0 Å². The molecule has 2 atom stereocenters. The van der Waals surface area contributed by atoms with Crippen LogP contribution in [-0.2, 0) is 0 Å². The number of halogens is 2. The van der Waals surface area contributed by atoms with Crippen molar-refractivity contribution in [3.05, 3.63) is 0 Å². The summed E-state index contributed by atoms with van der Waals surface area (Å²) >= 11 is 0. The zero-order chi connectivity index (χ0) is 11.6. The van der Waals surface area contributed by atoms with Gasteiger partial charge in [0.25, 0.3) is 0 Å². The summed E-state index contributed by atoms with van der Waals surface area (Å²) in [6.45, 7) is 3.64. The van der Waals surface area contributed by atoms with Gasteiger partial charge in [-0.2, -0.15) is 0 Å². The molecule has 0 aromatic rings. The predicted octanol–water partition coefficient (Wildman–Crippen LogP) is 2.09. The molecule has 2 aliphatic rings. The summed E-state index contributed by atoms with van der Waals surface area (Å²) in [4.78, 5) is 2.32. The minimum Gasteiger partial charge on any atom is -0.330 e. The van der Waals surface area contributed by atoms with Gasteiger partial charge in [-0.25, -0.2) is 8.78 Å². The smallest absolute Gasteiger partial charge is 0.248 e. The quantitative estimate of drug-likeness (QED) is 0.807. The second-order valence-electron chi connectivity index (χ2n) is 5.47. The van der Waals surface area contributed by atoms with Crippen LogP contribution < -0.4 is 5.73 Å². The maximum atomic E-state index is 13.2. The first-order valence-corrected chi connectivity index (χ1v) is 6.39. The van der Waals surface area contributed by atoms with Gasteiger partial charge in [0, 0.05) is 25.9 Å². The van der Waals surface area contributed by atoms with E-state index in [-0.39, 0.29) is 18.8 Å². The number of hydrogen-bond acceptors (Lipinski definition) is 2. The molecule has 4 heteroatoms. The Hall–Kier alpha value is -0.220. The van der Waals surface area contributed by atoms with Crippen molar-refractivity contribution in [1.82, 2.24) is 4.90 Å². The van der Waals surface area contributed by atoms with Gasteiger partial charge in [-0.1, -0.05) is 0 Å². The topological polar surface area (TPSA) is 29.3 Å². The highest BCUT2D eigenvalue weighted by Gasteiger charge is 2.37. The first-order chi connectivity index (χ1) is 7.59. The highest BCUT2D eigenvalue weighted by atomic mass is 19.3. The molecular weight excluding hydrogens is 210 g/mol. The summed E-state index contributed by atoms with van der Waals surface area (Å²) in [5.41, 5.74) is 5.63. The van der Waals surface area contributed by atoms with Crippen LogP contribution in [-0.4, -0.2) is 37.0 Å². The third-order valence-electron chi connectivity index (χ3n) is 3.96. The number of alkyl halides is 2. The van der Waals surface area contributed by atoms with Crippen molar-refractivity contribution < 1.29 is 8.78 Å². The molecule has 16 heavy (non-hydrogen) atoms. The third kappa shape index (κ3) is 3.14. The summed E-state index contributed by atoms with van der Waals surface area (Å²) in [6, 6.07) is 0. The zero-order valence-electron chi connectivity index (χ0n) is 9.80. The van der Waals surface area contributed by atoms with Crippen LogP contribution in [0.1, 0.15) is 32.1 Å². The van der Waals surface area contributed by atoms with Gasteiger partial charge in [-0.3, -0.25) is 0 Å². The van der Waals surface area contributed by atoms with Crippen LogP contribution in [0.3, 0.4) is 0 Å². The maximum absolute atomic E-state index is 13.2. The Morgan fingerprint density at radius 2 is 2.06 bits per heavy atom. The van der Waals surface area contributed by atoms with Crippen molar-refractivity contribution in [3.8, 4) is 0 Å². The molecular formula is C12H22F2N2. The van der Waals surface area contributed by atoms with E-state index >= 15 is 0 Å². The van der Waals surface area contributed by atoms with E-state index < -0.39 is 5.92 Å². The van der Waals surface area contributed by atoms with Gasteiger partial charge >= 0.3 is 0 Å². The van der Waals surface area contributed by atoms with Crippen molar-refractivity contribution >= 4 is 0 Å². The fourth-order valence-corrected chi connectivity index (χ4v) is 3.07. The van der Waals surface area contributed by atoms with Crippen LogP contribution in [0.2, 0.25) is 0 Å². The van der Waals surface area contributed by atoms with Gasteiger partial charge in [0.05, 0.1) is 0 Å². The Kier molecular flexibility index (Phi) is 3.80. The van der Waals surface area contributed by atoms with E-state index in [0.717, 1.165) is 39.0 Å². The first-order valence-electron chi connectivity index (χ1n) is 6.39. The predicted molar refractivity (Wildman–Crippen MR) is 60.5 cm³/mol. The van der Waals surface area contributed by atoms with Crippen LogP contribution in [0.4, 0.5) is 8.78 Å². The molecule has 94 valence electrons. The molecule has 0 aromatic heterocycles. The number of nitrogens with zero attached hydrogens (tertiary/aromatic N) is 1. The molecule has 0 spiro atoms. The minimum absolute atomic E-state index is 0.0922. The van der Waals surface area contributed by atoms with E-state index in [1.54, 1.807) is 0 Å². The van der Waals surface area contributed by atoms with E-state index in [9.17, 15) is 8.78 Å². The summed E-state index contributed by atoms with van der Waals surface area (Å²) < 4.78 is 26.5. The molecule has 1 aliphatic heterocycles. The lowest BCUT2D eigenvalue weighted by Crippen LogP contribution is -2.34. The summed E-state index contributed by atoms with van der Waals surface area (Å²) in [6.07, 6.45) is 2.98. The van der Waals surface area contributed by atoms with Gasteiger partial charge in [-0.15, -0.1) is 0 Å². The summed E-state index contributed by atoms with van der Waals surface area (Å²) in [7, 11) is 0. The number of hydrogen-bond donors (Lipinski definition) is 1. The Labute approximate surface area is 96.2 Å². The molecule has 0 amide bonds. The average molecular weight is 232 g/mol. The molecule has 2 fully saturated rings. The number of nitrogens with two attached hydrogens (primary N) is 1. The maximum Gasteiger partial charge on any atom is 0.248 e. The molecule has 1 heterocycles. The lowest BCUT2D eigenvalue weighted by molar-refractivity contribution is -0.0561. The molecule has 1 saturated carbocycles. The van der Waals surface area contributed by atoms with Crippen LogP contribution in [0, 0.1) is 11.8 Å². The zero-order valence-corrected chi connectivity index (χ0v) is 9.80. The standard InChI is InChI=1S/C12H22F2N2/c13-12(14)4-1-2-10(6-12)8-16-5-3-11(7-15)9-16/h10-11H,1-9,15H2. The van der Waals surface area contributed by atoms with Crippen molar-refractivity contribution in [2.75, 3.05) is 26.2 Å². The fraction of sp³-hybridized carbons (Fsp3) is 1.00. The molecule has 2 nitrogen and oxygen atoms in total. The normalized spacial score (nSPS) is 35.4. The Bertz CT molecular complexity index is 233. The van der Waals surface area contributed by atoms with Crippen molar-refractivity contribution in [3.63, 3.8) is 0 Å². The Balaban J connectivity index is 1.77. The average Bonchev–Trinajstić information content (AvgIpc) is 2.64. The molecule has 0 aromatic carbocycles. The molecule has 0 bridgehead atoms. The van der Waals surface area contributed by atoms with Crippen LogP contribution in [0.15, 0.2) is 0 Å². The molecule has 2 N–H and O–H groups in total. The van der Waals surface area contributed by atoms with Crippen LogP contribution >= 0.6 is 0 Å². The highest BCUT2D eigenvalue weighted by molar-refractivity contribution is 4.83. The lowest BCUT2D eigenvalue weighted by Gasteiger charge is -2.31. The molecule has 2 rings (SSSR count). The van der Waals surface area contributed by atoms with Gasteiger partial charge in [-0.05, 0) is 44.2 Å². The van der Waals surface area contributed by atoms with E-state index in [1.807, 2.05) is 0 Å². The Morgan fingerprint density at radius 3 is 2.69 bits per heavy atom. The van der Waals surface area contributed by atoms with Gasteiger partial charge < -0.3 is 10.6 Å². The van der Waals surface area contributed by atoms with Crippen molar-refractivity contribution in [1.29, 1.82) is 0 Å². The lowest BCUT2D eigenvalue weighted by atomic mass is 9.86. The Morgan fingerprint density at radius 1 is 1.25 bits per heavy atom. The van der Waals surface area contributed by atoms with Gasteiger partial charge in [0.2, 0.25) is 5.92 Å². The molecule has 1 aliphatic carbocycles. The SMILES string of the molecule is NCC1CCN(CC2CCCC(F)(F)C2)C1. The molecule has 2 unspecified atom stereocenters. The van der Waals surface area contributed by atoms with Crippen molar-refractivity contribution in [2.45, 2.75) is 38.0 Å². The number of rotatable bonds is 3. The van der Waals surface area contributed by atoms with Crippen LogP contribution in [0.5, 0.6) is 0 Å². The first kappa shape index (κ1) is 12.2. The third-order valence-corrected chi connectivity index (χ3v) is 3.96. The monoisotopic (exact) mass is 232 g/mol. The number of likely N-dealkylation sites (tertiary alicyclic amines) is 1.